The lowest BCUT2D eigenvalue weighted by Crippen LogP contribution is -2.35. The first-order valence-electron chi connectivity index (χ1n) is 32.9. The van der Waals surface area contributed by atoms with Crippen LogP contribution in [0.3, 0.4) is 0 Å². The molecule has 5 aromatic carbocycles. The zero-order valence-corrected chi connectivity index (χ0v) is 61.1. The Kier molecular flexibility index (Phi) is 30.8. The van der Waals surface area contributed by atoms with Crippen LogP contribution in [0.15, 0.2) is 173 Å². The van der Waals surface area contributed by atoms with Gasteiger partial charge in [0.05, 0.1) is 92.2 Å². The second-order valence-corrected chi connectivity index (χ2v) is 32.4. The number of anilines is 1. The number of hydrogen-bond donors (Lipinski definition) is 6. The standard InChI is InChI=1S/C71H89N4O21PS4/c1-70(34-19-49-98(79,80)81)60-52-57(100(85,86)87)29-32-62(60)74(38-18-10-17-27-67(76)72-36-37-73-68(77)54-28-31-59(69(78)92-4)64(51-54)97(55-21-11-8-12-22-55)56-23-13-9-14-24-56)65(70)25-15-6-5-7-16-26-66-71(2,35-20-50-99(82,83)84)61-53-58(101(88,89)90)30-33-63(61)75(66)39-40-93-43-44-95-47-48-96-46-45-94-42-41-91-3/h5-9,11-16,21-26,28-33,51-53H,10,17-20,27,34-50H2,1-4H3,(H5-,72,73,76,77,79,80,81,82,83,84,85,86,87,88,89,90)/p+1. The van der Waals surface area contributed by atoms with E-state index in [2.05, 4.69) is 10.6 Å². The number of benzene rings is 5. The first-order valence-corrected chi connectivity index (χ1v) is 40.3. The van der Waals surface area contributed by atoms with E-state index in [1.54, 1.807) is 80.0 Å². The van der Waals surface area contributed by atoms with Gasteiger partial charge in [0.15, 0.2) is 12.3 Å². The highest BCUT2D eigenvalue weighted by Gasteiger charge is 2.48. The number of nitrogens with one attached hydrogen (secondary N) is 2. The fourth-order valence-corrected chi connectivity index (χ4v) is 16.7. The molecule has 0 radical (unpaired) electrons. The van der Waals surface area contributed by atoms with Crippen LogP contribution < -0.4 is 31.4 Å². The summed E-state index contributed by atoms with van der Waals surface area (Å²) in [6.45, 7) is 7.58. The summed E-state index contributed by atoms with van der Waals surface area (Å²) < 4.78 is 173. The van der Waals surface area contributed by atoms with E-state index < -0.39 is 82.6 Å². The average molecular weight is 1490 g/mol. The molecule has 0 saturated carbocycles. The highest BCUT2D eigenvalue weighted by molar-refractivity contribution is 7.86. The molecule has 0 bridgehead atoms. The molecule has 2 aliphatic heterocycles. The highest BCUT2D eigenvalue weighted by atomic mass is 32.2. The lowest BCUT2D eigenvalue weighted by molar-refractivity contribution is -0.442. The third kappa shape index (κ3) is 23.9. The lowest BCUT2D eigenvalue weighted by atomic mass is 9.76. The number of ether oxygens (including phenoxy) is 6. The molecule has 2 amide bonds. The lowest BCUT2D eigenvalue weighted by Gasteiger charge is -2.30. The Hall–Kier alpha value is -7.19. The van der Waals surface area contributed by atoms with E-state index in [4.69, 9.17) is 28.4 Å². The molecular formula is C71H90N4O21PS4+. The molecule has 548 valence electrons. The second-order valence-electron chi connectivity index (χ2n) is 24.2. The second kappa shape index (κ2) is 38.4. The van der Waals surface area contributed by atoms with Crippen molar-refractivity contribution in [2.24, 2.45) is 0 Å². The van der Waals surface area contributed by atoms with Crippen molar-refractivity contribution in [3.05, 3.63) is 186 Å². The van der Waals surface area contributed by atoms with Crippen LogP contribution in [0.5, 0.6) is 0 Å². The summed E-state index contributed by atoms with van der Waals surface area (Å²) in [5.41, 5.74) is 1.90. The topological polar surface area (TPSA) is 354 Å². The summed E-state index contributed by atoms with van der Waals surface area (Å²) in [4.78, 5) is 41.1. The van der Waals surface area contributed by atoms with Crippen LogP contribution in [0.25, 0.3) is 0 Å². The number of amides is 2. The molecule has 0 saturated heterocycles. The van der Waals surface area contributed by atoms with E-state index in [-0.39, 0.29) is 87.3 Å². The van der Waals surface area contributed by atoms with Crippen LogP contribution in [0.2, 0.25) is 0 Å². The summed E-state index contributed by atoms with van der Waals surface area (Å²) in [7, 11) is -16.6. The largest absolute Gasteiger partial charge is 0.465 e. The van der Waals surface area contributed by atoms with Crippen molar-refractivity contribution in [1.29, 1.82) is 0 Å². The fourth-order valence-electron chi connectivity index (χ4n) is 12.2. The van der Waals surface area contributed by atoms with Crippen LogP contribution in [-0.4, -0.2) is 191 Å². The molecule has 0 spiro atoms. The Balaban J connectivity index is 1.04. The van der Waals surface area contributed by atoms with Crippen molar-refractivity contribution in [1.82, 2.24) is 10.6 Å². The van der Waals surface area contributed by atoms with Gasteiger partial charge in [-0.25, -0.2) is 4.79 Å². The molecular weight excluding hydrogens is 1400 g/mol. The third-order valence-corrected chi connectivity index (χ3v) is 22.9. The first kappa shape index (κ1) is 81.1. The Labute approximate surface area is 593 Å². The summed E-state index contributed by atoms with van der Waals surface area (Å²) in [5, 5.41) is 8.32. The minimum Gasteiger partial charge on any atom is -0.465 e. The molecule has 7 rings (SSSR count). The molecule has 2 unspecified atom stereocenters. The van der Waals surface area contributed by atoms with Gasteiger partial charge in [-0.1, -0.05) is 97.5 Å². The molecule has 101 heavy (non-hydrogen) atoms. The van der Waals surface area contributed by atoms with Gasteiger partial charge in [0.25, 0.3) is 46.4 Å². The number of esters is 1. The molecule has 2 heterocycles. The number of rotatable bonds is 43. The van der Waals surface area contributed by atoms with Crippen LogP contribution in [-0.2, 0) is 84.5 Å². The van der Waals surface area contributed by atoms with Crippen LogP contribution >= 0.6 is 7.92 Å². The van der Waals surface area contributed by atoms with E-state index in [9.17, 15) is 66.3 Å². The molecule has 25 nitrogen and oxygen atoms in total. The van der Waals surface area contributed by atoms with Gasteiger partial charge in [-0.3, -0.25) is 27.8 Å². The Bertz CT molecular complexity index is 4250. The van der Waals surface area contributed by atoms with Gasteiger partial charge >= 0.3 is 5.97 Å². The number of methoxy groups -OCH3 is 2. The van der Waals surface area contributed by atoms with Crippen LogP contribution in [0.1, 0.15) is 97.1 Å². The minimum absolute atomic E-state index is 0.0225. The molecule has 5 aromatic rings. The number of allylic oxidation sites excluding steroid dienone is 8. The molecule has 6 N–H and O–H groups in total. The molecule has 30 heteroatoms. The predicted octanol–water partition coefficient (Wildman–Crippen LogP) is 7.57. The maximum Gasteiger partial charge on any atom is 0.338 e. The Morgan fingerprint density at radius 1 is 0.564 bits per heavy atom. The average Bonchev–Trinajstić information content (AvgIpc) is 1.64. The Morgan fingerprint density at radius 3 is 1.67 bits per heavy atom. The highest BCUT2D eigenvalue weighted by Crippen LogP contribution is 2.52. The van der Waals surface area contributed by atoms with Crippen molar-refractivity contribution in [2.45, 2.75) is 85.8 Å². The summed E-state index contributed by atoms with van der Waals surface area (Å²) in [5.74, 6) is -2.34. The van der Waals surface area contributed by atoms with Crippen molar-refractivity contribution >= 4 is 99.2 Å². The van der Waals surface area contributed by atoms with E-state index in [1.165, 1.54) is 31.4 Å². The van der Waals surface area contributed by atoms with Crippen molar-refractivity contribution in [3.63, 3.8) is 0 Å². The van der Waals surface area contributed by atoms with Crippen LogP contribution in [0, 0.1) is 0 Å². The van der Waals surface area contributed by atoms with Gasteiger partial charge in [0, 0.05) is 78.5 Å². The number of unbranched alkanes of at least 4 members (excludes halogenated alkanes) is 2. The van der Waals surface area contributed by atoms with E-state index in [0.29, 0.717) is 116 Å². The Morgan fingerprint density at radius 2 is 1.10 bits per heavy atom. The molecule has 0 aliphatic carbocycles. The molecule has 0 fully saturated rings. The first-order chi connectivity index (χ1) is 48.1. The third-order valence-electron chi connectivity index (χ3n) is 17.1. The van der Waals surface area contributed by atoms with E-state index in [0.717, 1.165) is 10.6 Å². The number of carbonyl (C=O) groups is 3. The zero-order valence-electron chi connectivity index (χ0n) is 57.0. The van der Waals surface area contributed by atoms with Crippen LogP contribution in [0.4, 0.5) is 11.4 Å². The normalized spacial score (nSPS) is 16.9. The summed E-state index contributed by atoms with van der Waals surface area (Å²) in [6, 6.07) is 32.7. The zero-order chi connectivity index (χ0) is 73.3. The quantitative estimate of drug-likeness (QED) is 0.00547. The molecule has 2 aliphatic rings. The number of carbonyl (C=O) groups excluding carboxylic acids is 3. The summed E-state index contributed by atoms with van der Waals surface area (Å²) >= 11 is 0. The van der Waals surface area contributed by atoms with Crippen molar-refractivity contribution < 1.29 is 99.3 Å². The van der Waals surface area contributed by atoms with Crippen molar-refractivity contribution in [3.8, 4) is 0 Å². The number of nitrogens with zero attached hydrogens (tertiary/aromatic N) is 2. The monoisotopic (exact) mass is 1490 g/mol. The molecule has 0 aromatic heterocycles. The smallest absolute Gasteiger partial charge is 0.338 e. The van der Waals surface area contributed by atoms with Crippen molar-refractivity contribution in [2.75, 3.05) is 116 Å². The fraction of sp³-hybridized carbons (Fsp3) is 0.408. The van der Waals surface area contributed by atoms with Gasteiger partial charge in [0.1, 0.15) is 6.61 Å². The van der Waals surface area contributed by atoms with Gasteiger partial charge in [0.2, 0.25) is 11.6 Å². The molecule has 2 atom stereocenters. The van der Waals surface area contributed by atoms with E-state index >= 15 is 0 Å². The maximum atomic E-state index is 13.6. The van der Waals surface area contributed by atoms with E-state index in [1.807, 2.05) is 84.0 Å². The number of hydrogen-bond acceptors (Lipinski definition) is 18. The maximum absolute atomic E-state index is 13.6. The van der Waals surface area contributed by atoms with Gasteiger partial charge in [-0.2, -0.15) is 38.2 Å². The minimum atomic E-state index is -4.70. The summed E-state index contributed by atoms with van der Waals surface area (Å²) in [6.07, 6.45) is 14.1. The number of fused-ring (bicyclic) bond motifs is 2. The van der Waals surface area contributed by atoms with Gasteiger partial charge < -0.3 is 44.0 Å². The SMILES string of the molecule is COCCOCCOCCOCCOCC[N+]1=C(/C=C/C=C/C=C/C=C2/N(CCCCCC(=O)NCCNC(=O)c3ccc(C(=O)OC)c(P(c4ccccc4)c4ccccc4)c3)c3ccc(S(=O)(=O)O)cc3C2(C)CCCS(=O)(=O)O)C(C)(CCCS(=O)(=O)O)c2cc(S(=O)(=O)O)ccc21. The van der Waals surface area contributed by atoms with Gasteiger partial charge in [-0.15, -0.1) is 0 Å². The van der Waals surface area contributed by atoms with Gasteiger partial charge in [-0.05, 0) is 131 Å². The predicted molar refractivity (Wildman–Crippen MR) is 387 cm³/mol.